The molecular weight excluding hydrogens is 481 g/mol. The van der Waals surface area contributed by atoms with Gasteiger partial charge < -0.3 is 0 Å². The Morgan fingerprint density at radius 3 is 2.20 bits per heavy atom. The van der Waals surface area contributed by atoms with Gasteiger partial charge in [0.2, 0.25) is 5.91 Å². The molecule has 6 nitrogen and oxygen atoms in total. The van der Waals surface area contributed by atoms with Crippen LogP contribution < -0.4 is 4.90 Å². The van der Waals surface area contributed by atoms with Crippen LogP contribution in [0.5, 0.6) is 0 Å². The zero-order valence-electron chi connectivity index (χ0n) is 18.8. The van der Waals surface area contributed by atoms with Crippen LogP contribution in [0, 0.1) is 0 Å². The van der Waals surface area contributed by atoms with Crippen molar-refractivity contribution in [2.24, 2.45) is 4.99 Å². The van der Waals surface area contributed by atoms with Crippen LogP contribution in [0.1, 0.15) is 18.9 Å². The number of hydrogen-bond donors (Lipinski definition) is 0. The fourth-order valence-corrected chi connectivity index (χ4v) is 4.24. The number of rotatable bonds is 7. The summed E-state index contributed by atoms with van der Waals surface area (Å²) in [4.78, 5) is 30.0. The Balaban J connectivity index is 1.67. The van der Waals surface area contributed by atoms with Gasteiger partial charge in [0.25, 0.3) is 5.91 Å². The van der Waals surface area contributed by atoms with Gasteiger partial charge in [-0.2, -0.15) is 13.2 Å². The van der Waals surface area contributed by atoms with E-state index in [4.69, 9.17) is 0 Å². The molecule has 0 heterocycles. The molecule has 0 atom stereocenters. The van der Waals surface area contributed by atoms with Crippen molar-refractivity contribution < 1.29 is 31.2 Å². The van der Waals surface area contributed by atoms with Crippen molar-refractivity contribution in [3.05, 3.63) is 84.0 Å². The Morgan fingerprint density at radius 2 is 1.66 bits per heavy atom. The van der Waals surface area contributed by atoms with Crippen LogP contribution in [0.4, 0.5) is 18.9 Å². The van der Waals surface area contributed by atoms with Crippen LogP contribution in [0.3, 0.4) is 0 Å². The lowest BCUT2D eigenvalue weighted by Crippen LogP contribution is -2.39. The monoisotopic (exact) mass is 504 g/mol. The Kier molecular flexibility index (Phi) is 8.06. The van der Waals surface area contributed by atoms with Crippen molar-refractivity contribution in [3.8, 4) is 0 Å². The minimum Gasteiger partial charge on any atom is -0.299 e. The second kappa shape index (κ2) is 10.8. The smallest absolute Gasteiger partial charge is 0.299 e. The predicted octanol–water partition coefficient (Wildman–Crippen LogP) is 4.47. The van der Waals surface area contributed by atoms with Crippen molar-refractivity contribution in [1.29, 1.82) is 0 Å². The third-order valence-corrected chi connectivity index (χ3v) is 6.92. The molecule has 0 unspecified atom stereocenters. The number of anilines is 1. The maximum Gasteiger partial charge on any atom is 0.406 e. The maximum absolute atomic E-state index is 13.1. The molecule has 0 aromatic heterocycles. The van der Waals surface area contributed by atoms with Crippen LogP contribution in [-0.4, -0.2) is 44.4 Å². The van der Waals surface area contributed by atoms with Gasteiger partial charge in [-0.25, -0.2) is 13.4 Å². The van der Waals surface area contributed by atoms with Gasteiger partial charge in [-0.3, -0.25) is 14.5 Å². The Labute approximate surface area is 201 Å². The van der Waals surface area contributed by atoms with E-state index in [1.54, 1.807) is 37.3 Å². The molecule has 10 heteroatoms. The topological polar surface area (TPSA) is 83.9 Å². The van der Waals surface area contributed by atoms with Gasteiger partial charge in [-0.15, -0.1) is 0 Å². The third-order valence-electron chi connectivity index (χ3n) is 5.17. The highest BCUT2D eigenvalue weighted by molar-refractivity contribution is 7.91. The summed E-state index contributed by atoms with van der Waals surface area (Å²) in [5.74, 6) is -1.30. The highest BCUT2D eigenvalue weighted by Crippen LogP contribution is 2.25. The van der Waals surface area contributed by atoms with Crippen LogP contribution in [0.2, 0.25) is 0 Å². The molecule has 2 aromatic rings. The maximum atomic E-state index is 13.1. The van der Waals surface area contributed by atoms with E-state index in [2.05, 4.69) is 4.99 Å². The van der Waals surface area contributed by atoms with Gasteiger partial charge in [0.1, 0.15) is 6.54 Å². The van der Waals surface area contributed by atoms with E-state index >= 15 is 0 Å². The number of hydrogen-bond acceptors (Lipinski definition) is 4. The number of carbonyl (C=O) groups is 2. The van der Waals surface area contributed by atoms with E-state index in [1.807, 2.05) is 0 Å². The number of para-hydroxylation sites is 1. The van der Waals surface area contributed by atoms with E-state index < -0.39 is 34.4 Å². The number of aliphatic imine (C=N–C) groups is 1. The Bertz CT molecular complexity index is 1280. The number of allylic oxidation sites excluding steroid dienone is 2. The van der Waals surface area contributed by atoms with Crippen LogP contribution >= 0.6 is 0 Å². The molecule has 184 valence electrons. The molecule has 1 aliphatic rings. The first-order chi connectivity index (χ1) is 16.5. The number of nitrogens with zero attached hydrogens (tertiary/aromatic N) is 2. The summed E-state index contributed by atoms with van der Waals surface area (Å²) < 4.78 is 63.0. The van der Waals surface area contributed by atoms with Crippen molar-refractivity contribution in [1.82, 2.24) is 0 Å². The van der Waals surface area contributed by atoms with Gasteiger partial charge in [-0.1, -0.05) is 43.3 Å². The molecule has 0 saturated heterocycles. The molecular formula is C25H23F3N2O4S. The van der Waals surface area contributed by atoms with Crippen LogP contribution in [0.25, 0.3) is 0 Å². The van der Waals surface area contributed by atoms with Gasteiger partial charge >= 0.3 is 6.18 Å². The lowest BCUT2D eigenvalue weighted by Gasteiger charge is -2.25. The van der Waals surface area contributed by atoms with E-state index in [0.29, 0.717) is 16.2 Å². The van der Waals surface area contributed by atoms with E-state index in [9.17, 15) is 31.2 Å². The summed E-state index contributed by atoms with van der Waals surface area (Å²) >= 11 is 0. The molecule has 3 rings (SSSR count). The molecule has 0 saturated carbocycles. The molecule has 0 N–H and O–H groups in total. The summed E-state index contributed by atoms with van der Waals surface area (Å²) in [6.07, 6.45) is -0.320. The summed E-state index contributed by atoms with van der Waals surface area (Å²) in [6, 6.07) is 13.6. The number of halogens is 3. The molecule has 0 fully saturated rings. The van der Waals surface area contributed by atoms with Gasteiger partial charge in [0, 0.05) is 23.4 Å². The van der Waals surface area contributed by atoms with Crippen molar-refractivity contribution in [3.63, 3.8) is 0 Å². The number of carbonyl (C=O) groups excluding carboxylic acids is 2. The standard InChI is InChI=1S/C25H23F3N2O4S/c1-2-35(33,34)22-14-8-18(9-15-22)16-23(31)29-20-12-10-19(11-13-20)24(32)30(17-25(26,27)28)21-6-4-3-5-7-21/h3-12,14-15H,2,13,16-17H2,1H3. The van der Waals surface area contributed by atoms with E-state index in [1.165, 1.54) is 42.5 Å². The molecule has 0 aliphatic heterocycles. The number of alkyl halides is 3. The quantitative estimate of drug-likeness (QED) is 0.557. The van der Waals surface area contributed by atoms with Crippen LogP contribution in [-0.2, 0) is 25.8 Å². The van der Waals surface area contributed by atoms with Crippen molar-refractivity contribution in [2.75, 3.05) is 17.2 Å². The highest BCUT2D eigenvalue weighted by Gasteiger charge is 2.34. The molecule has 0 spiro atoms. The van der Waals surface area contributed by atoms with Crippen molar-refractivity contribution >= 4 is 33.1 Å². The molecule has 0 radical (unpaired) electrons. The third kappa shape index (κ3) is 7.22. The van der Waals surface area contributed by atoms with Gasteiger partial charge in [0.05, 0.1) is 17.1 Å². The fourth-order valence-electron chi connectivity index (χ4n) is 3.36. The average molecular weight is 505 g/mol. The number of sulfone groups is 1. The molecule has 2 aromatic carbocycles. The number of amides is 2. The predicted molar refractivity (Wildman–Crippen MR) is 127 cm³/mol. The van der Waals surface area contributed by atoms with Gasteiger partial charge in [0.15, 0.2) is 9.84 Å². The normalized spacial score (nSPS) is 15.1. The largest absolute Gasteiger partial charge is 0.406 e. The lowest BCUT2D eigenvalue weighted by atomic mass is 10.0. The Hall–Kier alpha value is -3.53. The average Bonchev–Trinajstić information content (AvgIpc) is 2.83. The highest BCUT2D eigenvalue weighted by atomic mass is 32.2. The summed E-state index contributed by atoms with van der Waals surface area (Å²) in [6.45, 7) is 0.113. The summed E-state index contributed by atoms with van der Waals surface area (Å²) in [5, 5.41) is 0. The van der Waals surface area contributed by atoms with E-state index in [0.717, 1.165) is 0 Å². The minimum atomic E-state index is -4.58. The molecule has 35 heavy (non-hydrogen) atoms. The summed E-state index contributed by atoms with van der Waals surface area (Å²) in [5.41, 5.74) is 1.14. The van der Waals surface area contributed by atoms with Crippen LogP contribution in [0.15, 0.2) is 88.3 Å². The minimum absolute atomic E-state index is 0.0252. The molecule has 2 amide bonds. The summed E-state index contributed by atoms with van der Waals surface area (Å²) in [7, 11) is -3.33. The molecule has 0 bridgehead atoms. The first kappa shape index (κ1) is 26.1. The fraction of sp³-hybridized carbons (Fsp3) is 0.240. The Morgan fingerprint density at radius 1 is 1.00 bits per heavy atom. The second-order valence-electron chi connectivity index (χ2n) is 7.76. The number of benzene rings is 2. The second-order valence-corrected chi connectivity index (χ2v) is 10.0. The first-order valence-electron chi connectivity index (χ1n) is 10.7. The zero-order chi connectivity index (χ0) is 25.6. The first-order valence-corrected chi connectivity index (χ1v) is 12.4. The van der Waals surface area contributed by atoms with Crippen molar-refractivity contribution in [2.45, 2.75) is 30.8 Å². The molecule has 1 aliphatic carbocycles. The SMILES string of the molecule is CCS(=O)(=O)c1ccc(CC(=O)N=C2C=CC(C(=O)N(CC(F)(F)F)c3ccccc3)=CC2)cc1. The van der Waals surface area contributed by atoms with E-state index in [-0.39, 0.29) is 34.8 Å². The zero-order valence-corrected chi connectivity index (χ0v) is 19.6. The lowest BCUT2D eigenvalue weighted by molar-refractivity contribution is -0.130. The van der Waals surface area contributed by atoms with Gasteiger partial charge in [-0.05, 0) is 42.0 Å².